The molecule has 0 spiro atoms. The van der Waals surface area contributed by atoms with E-state index in [0.29, 0.717) is 18.2 Å². The second-order valence-corrected chi connectivity index (χ2v) is 4.34. The number of nitrogens with zero attached hydrogens (tertiary/aromatic N) is 1. The molecule has 1 aromatic heterocycles. The van der Waals surface area contributed by atoms with Crippen LogP contribution < -0.4 is 15.2 Å². The van der Waals surface area contributed by atoms with Gasteiger partial charge in [-0.2, -0.15) is 0 Å². The monoisotopic (exact) mass is 236 g/mol. The molecule has 1 heterocycles. The molecule has 94 valence electrons. The van der Waals surface area contributed by atoms with Crippen LogP contribution in [-0.4, -0.2) is 23.7 Å². The van der Waals surface area contributed by atoms with Crippen molar-refractivity contribution < 1.29 is 9.47 Å². The van der Waals surface area contributed by atoms with Crippen LogP contribution in [0.15, 0.2) is 18.3 Å². The first-order chi connectivity index (χ1) is 8.31. The minimum absolute atomic E-state index is 0.0675. The van der Waals surface area contributed by atoms with E-state index >= 15 is 0 Å². The maximum absolute atomic E-state index is 6.06. The Morgan fingerprint density at radius 3 is 3.00 bits per heavy atom. The van der Waals surface area contributed by atoms with Crippen LogP contribution in [0.2, 0.25) is 0 Å². The molecule has 2 unspecified atom stereocenters. The van der Waals surface area contributed by atoms with E-state index in [1.807, 2.05) is 19.1 Å². The summed E-state index contributed by atoms with van der Waals surface area (Å²) in [6, 6.07) is 3.83. The van der Waals surface area contributed by atoms with Gasteiger partial charge in [0.25, 0.3) is 5.88 Å². The van der Waals surface area contributed by atoms with Crippen LogP contribution in [-0.2, 0) is 0 Å². The largest absolute Gasteiger partial charge is 0.488 e. The van der Waals surface area contributed by atoms with Crippen LogP contribution in [0.5, 0.6) is 11.6 Å². The zero-order valence-corrected chi connectivity index (χ0v) is 10.3. The summed E-state index contributed by atoms with van der Waals surface area (Å²) < 4.78 is 11.4. The maximum Gasteiger partial charge on any atom is 0.257 e. The first kappa shape index (κ1) is 12.2. The van der Waals surface area contributed by atoms with Gasteiger partial charge < -0.3 is 15.2 Å². The average Bonchev–Trinajstić information content (AvgIpc) is 2.35. The Bertz CT molecular complexity index is 357. The second kappa shape index (κ2) is 5.87. The first-order valence-electron chi connectivity index (χ1n) is 6.31. The average molecular weight is 236 g/mol. The molecular weight excluding hydrogens is 216 g/mol. The highest BCUT2D eigenvalue weighted by molar-refractivity contribution is 5.32. The lowest BCUT2D eigenvalue weighted by Gasteiger charge is -2.29. The summed E-state index contributed by atoms with van der Waals surface area (Å²) in [7, 11) is 0. The predicted molar refractivity (Wildman–Crippen MR) is 66.3 cm³/mol. The lowest BCUT2D eigenvalue weighted by atomic mass is 9.93. The van der Waals surface area contributed by atoms with Crippen molar-refractivity contribution in [2.24, 2.45) is 5.73 Å². The summed E-state index contributed by atoms with van der Waals surface area (Å²) in [6.45, 7) is 2.56. The van der Waals surface area contributed by atoms with Crippen molar-refractivity contribution in [2.45, 2.75) is 44.8 Å². The topological polar surface area (TPSA) is 57.4 Å². The molecule has 0 bridgehead atoms. The van der Waals surface area contributed by atoms with Gasteiger partial charge in [0.05, 0.1) is 6.61 Å². The molecule has 2 N–H and O–H groups in total. The number of aromatic nitrogens is 1. The number of pyridine rings is 1. The van der Waals surface area contributed by atoms with E-state index in [4.69, 9.17) is 15.2 Å². The summed E-state index contributed by atoms with van der Waals surface area (Å²) >= 11 is 0. The lowest BCUT2D eigenvalue weighted by molar-refractivity contribution is 0.120. The number of hydrogen-bond donors (Lipinski definition) is 1. The summed E-state index contributed by atoms with van der Waals surface area (Å²) in [6.07, 6.45) is 6.19. The highest BCUT2D eigenvalue weighted by atomic mass is 16.5. The standard InChI is InChI=1S/C13H20N2O2/c1-2-16-12-8-5-9-15-13(12)17-11-7-4-3-6-10(11)14/h5,8-11H,2-4,6-7,14H2,1H3. The number of ether oxygens (including phenoxy) is 2. The van der Waals surface area contributed by atoms with Crippen molar-refractivity contribution in [1.82, 2.24) is 4.98 Å². The third-order valence-electron chi connectivity index (χ3n) is 3.05. The van der Waals surface area contributed by atoms with Crippen molar-refractivity contribution >= 4 is 0 Å². The van der Waals surface area contributed by atoms with Crippen molar-refractivity contribution in [3.05, 3.63) is 18.3 Å². The van der Waals surface area contributed by atoms with Crippen molar-refractivity contribution in [2.75, 3.05) is 6.61 Å². The molecule has 0 aliphatic heterocycles. The Morgan fingerprint density at radius 1 is 1.41 bits per heavy atom. The molecule has 4 heteroatoms. The summed E-state index contributed by atoms with van der Waals surface area (Å²) in [5, 5.41) is 0. The predicted octanol–water partition coefficient (Wildman–Crippen LogP) is 2.13. The molecule has 0 radical (unpaired) electrons. The lowest BCUT2D eigenvalue weighted by Crippen LogP contribution is -2.41. The van der Waals surface area contributed by atoms with Crippen LogP contribution in [0.1, 0.15) is 32.6 Å². The van der Waals surface area contributed by atoms with E-state index in [-0.39, 0.29) is 12.1 Å². The molecule has 0 aromatic carbocycles. The molecule has 17 heavy (non-hydrogen) atoms. The van der Waals surface area contributed by atoms with E-state index < -0.39 is 0 Å². The maximum atomic E-state index is 6.06. The van der Waals surface area contributed by atoms with Crippen molar-refractivity contribution in [1.29, 1.82) is 0 Å². The third-order valence-corrected chi connectivity index (χ3v) is 3.05. The van der Waals surface area contributed by atoms with Crippen LogP contribution in [0.4, 0.5) is 0 Å². The second-order valence-electron chi connectivity index (χ2n) is 4.34. The zero-order valence-electron chi connectivity index (χ0n) is 10.3. The molecule has 0 saturated heterocycles. The minimum atomic E-state index is 0.0675. The molecule has 0 amide bonds. The van der Waals surface area contributed by atoms with Gasteiger partial charge in [0.15, 0.2) is 5.75 Å². The van der Waals surface area contributed by atoms with Gasteiger partial charge in [0.2, 0.25) is 0 Å². The Kier molecular flexibility index (Phi) is 4.20. The van der Waals surface area contributed by atoms with Gasteiger partial charge in [0, 0.05) is 12.2 Å². The molecule has 1 saturated carbocycles. The van der Waals surface area contributed by atoms with E-state index in [1.54, 1.807) is 6.20 Å². The van der Waals surface area contributed by atoms with Crippen LogP contribution in [0, 0.1) is 0 Å². The van der Waals surface area contributed by atoms with Crippen molar-refractivity contribution in [3.63, 3.8) is 0 Å². The van der Waals surface area contributed by atoms with Gasteiger partial charge in [-0.3, -0.25) is 0 Å². The zero-order chi connectivity index (χ0) is 12.1. The van der Waals surface area contributed by atoms with Gasteiger partial charge in [0.1, 0.15) is 6.10 Å². The Morgan fingerprint density at radius 2 is 2.24 bits per heavy atom. The van der Waals surface area contributed by atoms with Crippen LogP contribution >= 0.6 is 0 Å². The van der Waals surface area contributed by atoms with Crippen molar-refractivity contribution in [3.8, 4) is 11.6 Å². The minimum Gasteiger partial charge on any atom is -0.488 e. The Hall–Kier alpha value is -1.29. The van der Waals surface area contributed by atoms with Gasteiger partial charge in [-0.25, -0.2) is 4.98 Å². The number of nitrogens with two attached hydrogens (primary N) is 1. The van der Waals surface area contributed by atoms with E-state index in [1.165, 1.54) is 12.8 Å². The quantitative estimate of drug-likeness (QED) is 0.870. The summed E-state index contributed by atoms with van der Waals surface area (Å²) in [5.74, 6) is 1.27. The van der Waals surface area contributed by atoms with E-state index in [2.05, 4.69) is 4.98 Å². The molecule has 2 rings (SSSR count). The Labute approximate surface area is 102 Å². The van der Waals surface area contributed by atoms with Crippen LogP contribution in [0.3, 0.4) is 0 Å². The smallest absolute Gasteiger partial charge is 0.257 e. The highest BCUT2D eigenvalue weighted by Crippen LogP contribution is 2.28. The fourth-order valence-electron chi connectivity index (χ4n) is 2.15. The molecule has 1 aliphatic carbocycles. The Balaban J connectivity index is 2.06. The number of hydrogen-bond acceptors (Lipinski definition) is 4. The normalized spacial score (nSPS) is 24.4. The van der Waals surface area contributed by atoms with Crippen LogP contribution in [0.25, 0.3) is 0 Å². The fourth-order valence-corrected chi connectivity index (χ4v) is 2.15. The fraction of sp³-hybridized carbons (Fsp3) is 0.615. The van der Waals surface area contributed by atoms with E-state index in [0.717, 1.165) is 12.8 Å². The van der Waals surface area contributed by atoms with Gasteiger partial charge in [-0.15, -0.1) is 0 Å². The van der Waals surface area contributed by atoms with E-state index in [9.17, 15) is 0 Å². The highest BCUT2D eigenvalue weighted by Gasteiger charge is 2.24. The molecular formula is C13H20N2O2. The molecule has 2 atom stereocenters. The molecule has 1 aliphatic rings. The first-order valence-corrected chi connectivity index (χ1v) is 6.31. The SMILES string of the molecule is CCOc1cccnc1OC1CCCCC1N. The molecule has 1 aromatic rings. The number of rotatable bonds is 4. The summed E-state index contributed by atoms with van der Waals surface area (Å²) in [4.78, 5) is 4.22. The third kappa shape index (κ3) is 3.09. The summed E-state index contributed by atoms with van der Waals surface area (Å²) in [5.41, 5.74) is 6.06. The molecule has 4 nitrogen and oxygen atoms in total. The van der Waals surface area contributed by atoms with Gasteiger partial charge >= 0.3 is 0 Å². The van der Waals surface area contributed by atoms with Gasteiger partial charge in [-0.05, 0) is 38.3 Å². The van der Waals surface area contributed by atoms with Gasteiger partial charge in [-0.1, -0.05) is 6.42 Å². The molecule has 1 fully saturated rings.